The number of carbonyl (C=O) groups excluding carboxylic acids is 1. The average Bonchev–Trinajstić information content (AvgIpc) is 3.45. The predicted octanol–water partition coefficient (Wildman–Crippen LogP) is 2.84. The molecule has 0 unspecified atom stereocenters. The molecule has 12 heteroatoms. The molecule has 0 aliphatic carbocycles. The van der Waals surface area contributed by atoms with Crippen molar-refractivity contribution >= 4 is 23.0 Å². The Hall–Kier alpha value is -3.87. The maximum absolute atomic E-state index is 14.3. The molecule has 0 spiro atoms. The number of aliphatic hydroxyl groups excluding tert-OH is 1. The SMILES string of the molecule is CNCc1c(NC(C)C)ccc(NC(=O)c2ccc(=O)n(-c3c(F)cccc3F)n2)c1N1CCCC1.NCCO. The zero-order valence-corrected chi connectivity index (χ0v) is 23.0. The van der Waals surface area contributed by atoms with E-state index >= 15 is 0 Å². The van der Waals surface area contributed by atoms with E-state index in [1.165, 1.54) is 12.1 Å². The molecule has 6 N–H and O–H groups in total. The van der Waals surface area contributed by atoms with Crippen molar-refractivity contribution < 1.29 is 18.7 Å². The van der Waals surface area contributed by atoms with E-state index in [1.807, 2.05) is 19.2 Å². The monoisotopic (exact) mass is 557 g/mol. The number of hydrogen-bond donors (Lipinski definition) is 5. The summed E-state index contributed by atoms with van der Waals surface area (Å²) in [5.74, 6) is -2.51. The van der Waals surface area contributed by atoms with Gasteiger partial charge in [-0.2, -0.15) is 9.78 Å². The van der Waals surface area contributed by atoms with Gasteiger partial charge in [-0.25, -0.2) is 8.78 Å². The minimum absolute atomic E-state index is 0.0972. The quantitative estimate of drug-likeness (QED) is 0.271. The number of nitrogens with one attached hydrogen (secondary N) is 3. The van der Waals surface area contributed by atoms with Crippen LogP contribution in [-0.2, 0) is 6.54 Å². The second kappa shape index (κ2) is 14.5. The third-order valence-electron chi connectivity index (χ3n) is 6.06. The molecule has 1 amide bonds. The van der Waals surface area contributed by atoms with Crippen LogP contribution in [-0.4, -0.2) is 60.1 Å². The van der Waals surface area contributed by atoms with Gasteiger partial charge >= 0.3 is 0 Å². The van der Waals surface area contributed by atoms with Crippen LogP contribution in [0.25, 0.3) is 5.69 Å². The Balaban J connectivity index is 0.00000103. The Morgan fingerprint density at radius 3 is 2.25 bits per heavy atom. The number of aromatic nitrogens is 2. The van der Waals surface area contributed by atoms with Crippen molar-refractivity contribution in [2.75, 3.05) is 48.8 Å². The molecule has 1 aromatic heterocycles. The predicted molar refractivity (Wildman–Crippen MR) is 153 cm³/mol. The summed E-state index contributed by atoms with van der Waals surface area (Å²) in [7, 11) is 1.87. The molecule has 4 rings (SSSR count). The first-order valence-electron chi connectivity index (χ1n) is 13.2. The van der Waals surface area contributed by atoms with E-state index in [2.05, 4.69) is 39.8 Å². The lowest BCUT2D eigenvalue weighted by Gasteiger charge is -2.28. The van der Waals surface area contributed by atoms with Crippen LogP contribution in [0.15, 0.2) is 47.3 Å². The summed E-state index contributed by atoms with van der Waals surface area (Å²) in [5, 5.41) is 21.3. The van der Waals surface area contributed by atoms with Crippen molar-refractivity contribution in [3.8, 4) is 5.69 Å². The molecule has 1 aliphatic rings. The molecule has 0 radical (unpaired) electrons. The fraction of sp³-hybridized carbons (Fsp3) is 0.393. The summed E-state index contributed by atoms with van der Waals surface area (Å²) in [6.07, 6.45) is 2.10. The van der Waals surface area contributed by atoms with Crippen molar-refractivity contribution in [1.82, 2.24) is 15.1 Å². The average molecular weight is 558 g/mol. The highest BCUT2D eigenvalue weighted by Gasteiger charge is 2.24. The molecular formula is C28H37F2N7O3. The van der Waals surface area contributed by atoms with Crippen molar-refractivity contribution in [3.63, 3.8) is 0 Å². The van der Waals surface area contributed by atoms with Gasteiger partial charge in [-0.1, -0.05) is 6.07 Å². The van der Waals surface area contributed by atoms with Gasteiger partial charge in [0.25, 0.3) is 11.5 Å². The molecule has 0 atom stereocenters. The van der Waals surface area contributed by atoms with Gasteiger partial charge in [0.1, 0.15) is 11.4 Å². The first-order valence-corrected chi connectivity index (χ1v) is 13.2. The highest BCUT2D eigenvalue weighted by molar-refractivity contribution is 6.05. The Kier molecular flexibility index (Phi) is 11.1. The van der Waals surface area contributed by atoms with Crippen LogP contribution in [0.3, 0.4) is 0 Å². The van der Waals surface area contributed by atoms with Crippen molar-refractivity contribution in [1.29, 1.82) is 0 Å². The van der Waals surface area contributed by atoms with E-state index in [4.69, 9.17) is 10.8 Å². The first-order chi connectivity index (χ1) is 19.2. The summed E-state index contributed by atoms with van der Waals surface area (Å²) >= 11 is 0. The Labute approximate surface area is 232 Å². The molecule has 0 bridgehead atoms. The molecule has 2 aromatic carbocycles. The lowest BCUT2D eigenvalue weighted by Crippen LogP contribution is -2.28. The number of benzene rings is 2. The summed E-state index contributed by atoms with van der Waals surface area (Å²) in [6.45, 7) is 6.90. The number of hydrogen-bond acceptors (Lipinski definition) is 8. The molecule has 1 fully saturated rings. The normalized spacial score (nSPS) is 12.8. The fourth-order valence-electron chi connectivity index (χ4n) is 4.41. The number of anilines is 3. The van der Waals surface area contributed by atoms with E-state index in [1.54, 1.807) is 0 Å². The summed E-state index contributed by atoms with van der Waals surface area (Å²) in [4.78, 5) is 27.8. The van der Waals surface area contributed by atoms with E-state index in [0.717, 1.165) is 61.1 Å². The van der Waals surface area contributed by atoms with Crippen molar-refractivity contribution in [2.24, 2.45) is 5.73 Å². The topological polar surface area (TPSA) is 138 Å². The lowest BCUT2D eigenvalue weighted by atomic mass is 10.1. The van der Waals surface area contributed by atoms with Crippen molar-refractivity contribution in [3.05, 3.63) is 75.7 Å². The van der Waals surface area contributed by atoms with Gasteiger partial charge in [-0.15, -0.1) is 0 Å². The third-order valence-corrected chi connectivity index (χ3v) is 6.06. The Morgan fingerprint density at radius 1 is 1.05 bits per heavy atom. The van der Waals surface area contributed by atoms with Crippen LogP contribution in [0, 0.1) is 11.6 Å². The lowest BCUT2D eigenvalue weighted by molar-refractivity contribution is 0.102. The fourth-order valence-corrected chi connectivity index (χ4v) is 4.41. The minimum atomic E-state index is -0.955. The molecule has 40 heavy (non-hydrogen) atoms. The standard InChI is InChI=1S/C26H30F2N6O2.C2H7NO/c1-16(2)30-20-9-10-21(24(17(20)15-29-3)33-13-4-5-14-33)31-26(36)22-11-12-23(35)34(32-22)25-18(27)7-6-8-19(25)28;3-1-2-4/h6-12,16,29-30H,4-5,13-15H2,1-3H3,(H,31,36);4H,1-3H2. The van der Waals surface area contributed by atoms with E-state index in [-0.39, 0.29) is 18.3 Å². The molecular weight excluding hydrogens is 520 g/mol. The highest BCUT2D eigenvalue weighted by atomic mass is 19.1. The smallest absolute Gasteiger partial charge is 0.276 e. The minimum Gasteiger partial charge on any atom is -0.395 e. The first kappa shape index (κ1) is 30.7. The number of para-hydroxylation sites is 1. The van der Waals surface area contributed by atoms with E-state index in [9.17, 15) is 18.4 Å². The second-order valence-electron chi connectivity index (χ2n) is 9.52. The van der Waals surface area contributed by atoms with Crippen LogP contribution in [0.2, 0.25) is 0 Å². The maximum atomic E-state index is 14.3. The number of aliphatic hydroxyl groups is 1. The highest BCUT2D eigenvalue weighted by Crippen LogP contribution is 2.38. The zero-order valence-electron chi connectivity index (χ0n) is 23.0. The third kappa shape index (κ3) is 7.40. The molecule has 0 saturated carbocycles. The zero-order chi connectivity index (χ0) is 29.2. The maximum Gasteiger partial charge on any atom is 0.276 e. The van der Waals surface area contributed by atoms with E-state index in [0.29, 0.717) is 23.5 Å². The van der Waals surface area contributed by atoms with Gasteiger partial charge in [0.15, 0.2) is 11.6 Å². The van der Waals surface area contributed by atoms with Gasteiger partial charge in [0.2, 0.25) is 0 Å². The Morgan fingerprint density at radius 2 is 1.68 bits per heavy atom. The molecule has 10 nitrogen and oxygen atoms in total. The molecule has 3 aromatic rings. The van der Waals surface area contributed by atoms with E-state index < -0.39 is 28.8 Å². The van der Waals surface area contributed by atoms with Crippen LogP contribution in [0.1, 0.15) is 42.7 Å². The number of rotatable bonds is 9. The number of amides is 1. The van der Waals surface area contributed by atoms with Crippen LogP contribution >= 0.6 is 0 Å². The van der Waals surface area contributed by atoms with Gasteiger partial charge in [0, 0.05) is 49.5 Å². The summed E-state index contributed by atoms with van der Waals surface area (Å²) in [6, 6.07) is 9.53. The molecule has 1 aliphatic heterocycles. The van der Waals surface area contributed by atoms with Crippen LogP contribution < -0.4 is 32.1 Å². The largest absolute Gasteiger partial charge is 0.395 e. The number of carbonyl (C=O) groups is 1. The Bertz CT molecular complexity index is 1340. The van der Waals surface area contributed by atoms with Gasteiger partial charge in [0.05, 0.1) is 18.0 Å². The summed E-state index contributed by atoms with van der Waals surface area (Å²) in [5.41, 5.74) is 6.75. The van der Waals surface area contributed by atoms with Gasteiger partial charge < -0.3 is 31.7 Å². The number of halogens is 2. The number of nitrogens with two attached hydrogens (primary N) is 1. The summed E-state index contributed by atoms with van der Waals surface area (Å²) < 4.78 is 29.2. The van der Waals surface area contributed by atoms with Gasteiger partial charge in [-0.05, 0) is 64.1 Å². The molecule has 2 heterocycles. The molecule has 216 valence electrons. The second-order valence-corrected chi connectivity index (χ2v) is 9.52. The van der Waals surface area contributed by atoms with Crippen molar-refractivity contribution in [2.45, 2.75) is 39.3 Å². The molecule has 1 saturated heterocycles. The van der Waals surface area contributed by atoms with Gasteiger partial charge in [-0.3, -0.25) is 9.59 Å². The van der Waals surface area contributed by atoms with Crippen LogP contribution in [0.5, 0.6) is 0 Å². The van der Waals surface area contributed by atoms with Crippen LogP contribution in [0.4, 0.5) is 25.8 Å². The number of nitrogens with zero attached hydrogens (tertiary/aromatic N) is 3.